The Morgan fingerprint density at radius 3 is 2.78 bits per heavy atom. The Balaban J connectivity index is 1.65. The maximum atomic E-state index is 12.3. The molecule has 3 aromatic rings. The van der Waals surface area contributed by atoms with Gasteiger partial charge >= 0.3 is 0 Å². The van der Waals surface area contributed by atoms with E-state index in [1.165, 1.54) is 24.9 Å². The number of amidine groups is 1. The van der Waals surface area contributed by atoms with Gasteiger partial charge in [0.25, 0.3) is 5.91 Å². The molecule has 0 bridgehead atoms. The molecule has 0 aliphatic carbocycles. The number of rotatable bonds is 3. The molecule has 1 aliphatic rings. The van der Waals surface area contributed by atoms with Crippen molar-refractivity contribution in [3.05, 3.63) is 71.1 Å². The summed E-state index contributed by atoms with van der Waals surface area (Å²) in [5.41, 5.74) is 1.57. The first-order chi connectivity index (χ1) is 13.1. The van der Waals surface area contributed by atoms with Gasteiger partial charge in [-0.3, -0.25) is 4.79 Å². The lowest BCUT2D eigenvalue weighted by Gasteiger charge is -2.04. The zero-order valence-electron chi connectivity index (χ0n) is 14.5. The van der Waals surface area contributed by atoms with Crippen molar-refractivity contribution in [2.75, 3.05) is 7.11 Å². The molecule has 0 saturated carbocycles. The molecule has 0 unspecified atom stereocenters. The molecule has 0 aromatic heterocycles. The topological polar surface area (TPSA) is 70.9 Å². The van der Waals surface area contributed by atoms with Gasteiger partial charge in [-0.2, -0.15) is 0 Å². The van der Waals surface area contributed by atoms with Gasteiger partial charge in [0.05, 0.1) is 17.7 Å². The number of aromatic hydroxyl groups is 1. The highest BCUT2D eigenvalue weighted by atomic mass is 32.2. The van der Waals surface area contributed by atoms with Crippen molar-refractivity contribution < 1.29 is 14.6 Å². The lowest BCUT2D eigenvalue weighted by Crippen LogP contribution is -2.19. The largest absolute Gasteiger partial charge is 0.504 e. The Kier molecular flexibility index (Phi) is 4.56. The van der Waals surface area contributed by atoms with Crippen LogP contribution in [-0.2, 0) is 4.79 Å². The van der Waals surface area contributed by atoms with Crippen molar-refractivity contribution in [2.24, 2.45) is 4.99 Å². The van der Waals surface area contributed by atoms with Gasteiger partial charge < -0.3 is 15.2 Å². The number of amides is 1. The second-order valence-electron chi connectivity index (χ2n) is 5.91. The van der Waals surface area contributed by atoms with E-state index in [0.29, 0.717) is 15.8 Å². The third-order valence-electron chi connectivity index (χ3n) is 4.14. The van der Waals surface area contributed by atoms with Crippen LogP contribution in [0.25, 0.3) is 16.8 Å². The number of nitrogens with one attached hydrogen (secondary N) is 1. The van der Waals surface area contributed by atoms with Crippen molar-refractivity contribution in [1.29, 1.82) is 0 Å². The number of thioether (sulfide) groups is 1. The van der Waals surface area contributed by atoms with Gasteiger partial charge in [-0.25, -0.2) is 4.99 Å². The molecular weight excluding hydrogens is 360 g/mol. The first kappa shape index (κ1) is 17.2. The van der Waals surface area contributed by atoms with E-state index in [2.05, 4.69) is 10.3 Å². The Morgan fingerprint density at radius 1 is 1.11 bits per heavy atom. The number of aliphatic imine (C=N–C) groups is 1. The summed E-state index contributed by atoms with van der Waals surface area (Å²) in [7, 11) is 1.48. The van der Waals surface area contributed by atoms with Gasteiger partial charge in [0.1, 0.15) is 0 Å². The molecule has 2 N–H and O–H groups in total. The molecule has 1 aliphatic heterocycles. The van der Waals surface area contributed by atoms with Crippen LogP contribution >= 0.6 is 11.8 Å². The summed E-state index contributed by atoms with van der Waals surface area (Å²) in [4.78, 5) is 17.5. The van der Waals surface area contributed by atoms with Crippen LogP contribution in [0.15, 0.2) is 70.6 Å². The lowest BCUT2D eigenvalue weighted by molar-refractivity contribution is -0.115. The highest BCUT2D eigenvalue weighted by Crippen LogP contribution is 2.33. The van der Waals surface area contributed by atoms with E-state index in [-0.39, 0.29) is 11.7 Å². The van der Waals surface area contributed by atoms with Crippen molar-refractivity contribution in [2.45, 2.75) is 0 Å². The molecule has 4 rings (SSSR count). The minimum absolute atomic E-state index is 0.0568. The summed E-state index contributed by atoms with van der Waals surface area (Å²) in [5.74, 6) is 0.213. The summed E-state index contributed by atoms with van der Waals surface area (Å²) >= 11 is 1.28. The fourth-order valence-corrected chi connectivity index (χ4v) is 3.67. The molecule has 1 amide bonds. The number of fused-ring (bicyclic) bond motifs is 1. The predicted octanol–water partition coefficient (Wildman–Crippen LogP) is 4.45. The summed E-state index contributed by atoms with van der Waals surface area (Å²) in [6, 6.07) is 18.8. The van der Waals surface area contributed by atoms with Crippen molar-refractivity contribution in [3.63, 3.8) is 0 Å². The molecule has 134 valence electrons. The second-order valence-corrected chi connectivity index (χ2v) is 6.94. The minimum Gasteiger partial charge on any atom is -0.504 e. The van der Waals surface area contributed by atoms with Crippen LogP contribution in [0, 0.1) is 0 Å². The maximum Gasteiger partial charge on any atom is 0.264 e. The summed E-state index contributed by atoms with van der Waals surface area (Å²) in [6.07, 6.45) is 1.74. The number of hydrogen-bond donors (Lipinski definition) is 2. The molecule has 6 heteroatoms. The van der Waals surface area contributed by atoms with Gasteiger partial charge in [0.2, 0.25) is 0 Å². The predicted molar refractivity (Wildman–Crippen MR) is 109 cm³/mol. The highest BCUT2D eigenvalue weighted by Gasteiger charge is 2.24. The number of carbonyl (C=O) groups is 1. The number of nitrogens with zero attached hydrogens (tertiary/aromatic N) is 1. The number of methoxy groups -OCH3 is 1. The van der Waals surface area contributed by atoms with Crippen molar-refractivity contribution in [3.8, 4) is 11.5 Å². The standard InChI is InChI=1S/C21H16N2O3S/c1-26-18-11-13(9-10-17(18)24)12-19-20(25)23-21(27-19)22-16-8-4-6-14-5-2-3-7-15(14)16/h2-12,24H,1H3,(H,22,23,25). The van der Waals surface area contributed by atoms with E-state index < -0.39 is 0 Å². The third-order valence-corrected chi connectivity index (χ3v) is 5.05. The van der Waals surface area contributed by atoms with Gasteiger partial charge in [-0.15, -0.1) is 0 Å². The van der Waals surface area contributed by atoms with Crippen LogP contribution in [0.3, 0.4) is 0 Å². The maximum absolute atomic E-state index is 12.3. The van der Waals surface area contributed by atoms with Crippen LogP contribution in [0.2, 0.25) is 0 Å². The Morgan fingerprint density at radius 2 is 1.93 bits per heavy atom. The number of carbonyl (C=O) groups excluding carboxylic acids is 1. The number of phenolic OH excluding ortho intramolecular Hbond substituents is 1. The van der Waals surface area contributed by atoms with E-state index in [1.807, 2.05) is 42.5 Å². The number of phenols is 1. The zero-order chi connectivity index (χ0) is 18.8. The number of hydrogen-bond acceptors (Lipinski definition) is 5. The van der Waals surface area contributed by atoms with E-state index in [1.54, 1.807) is 18.2 Å². The fourth-order valence-electron chi connectivity index (χ4n) is 2.83. The van der Waals surface area contributed by atoms with Crippen LogP contribution in [-0.4, -0.2) is 23.3 Å². The van der Waals surface area contributed by atoms with Crippen LogP contribution in [0.4, 0.5) is 5.69 Å². The van der Waals surface area contributed by atoms with Crippen LogP contribution in [0.1, 0.15) is 5.56 Å². The zero-order valence-corrected chi connectivity index (χ0v) is 15.3. The van der Waals surface area contributed by atoms with Gasteiger partial charge in [-0.1, -0.05) is 42.5 Å². The normalized spacial score (nSPS) is 16.9. The monoisotopic (exact) mass is 376 g/mol. The Labute approximate surface area is 160 Å². The van der Waals surface area contributed by atoms with Gasteiger partial charge in [0, 0.05) is 5.39 Å². The average molecular weight is 376 g/mol. The lowest BCUT2D eigenvalue weighted by atomic mass is 10.1. The molecule has 27 heavy (non-hydrogen) atoms. The first-order valence-electron chi connectivity index (χ1n) is 8.28. The van der Waals surface area contributed by atoms with E-state index in [9.17, 15) is 9.90 Å². The van der Waals surface area contributed by atoms with Crippen LogP contribution < -0.4 is 10.1 Å². The first-order valence-corrected chi connectivity index (χ1v) is 9.10. The van der Waals surface area contributed by atoms with E-state index in [4.69, 9.17) is 4.74 Å². The summed E-state index contributed by atoms with van der Waals surface area (Å²) < 4.78 is 5.11. The summed E-state index contributed by atoms with van der Waals surface area (Å²) in [5, 5.41) is 15.2. The Bertz CT molecular complexity index is 1100. The van der Waals surface area contributed by atoms with Gasteiger partial charge in [0.15, 0.2) is 16.7 Å². The van der Waals surface area contributed by atoms with Gasteiger partial charge in [-0.05, 0) is 47.0 Å². The van der Waals surface area contributed by atoms with Crippen molar-refractivity contribution in [1.82, 2.24) is 5.32 Å². The molecule has 1 heterocycles. The SMILES string of the molecule is COc1cc(C=C2SC(=Nc3cccc4ccccc34)NC2=O)ccc1O. The molecule has 1 saturated heterocycles. The smallest absolute Gasteiger partial charge is 0.264 e. The number of ether oxygens (including phenoxy) is 1. The molecule has 3 aromatic carbocycles. The molecule has 0 radical (unpaired) electrons. The molecule has 0 spiro atoms. The molecule has 0 atom stereocenters. The van der Waals surface area contributed by atoms with Crippen molar-refractivity contribution >= 4 is 45.4 Å². The number of benzene rings is 3. The second kappa shape index (κ2) is 7.17. The Hall–Kier alpha value is -3.25. The third kappa shape index (κ3) is 3.52. The average Bonchev–Trinajstić information content (AvgIpc) is 3.02. The molecule has 1 fully saturated rings. The van der Waals surface area contributed by atoms with E-state index in [0.717, 1.165) is 22.0 Å². The molecular formula is C21H16N2O3S. The highest BCUT2D eigenvalue weighted by molar-refractivity contribution is 8.18. The van der Waals surface area contributed by atoms with Crippen LogP contribution in [0.5, 0.6) is 11.5 Å². The summed E-state index contributed by atoms with van der Waals surface area (Å²) in [6.45, 7) is 0. The fraction of sp³-hybridized carbons (Fsp3) is 0.0476. The minimum atomic E-state index is -0.203. The quantitative estimate of drug-likeness (QED) is 0.663. The molecule has 5 nitrogen and oxygen atoms in total. The van der Waals surface area contributed by atoms with E-state index >= 15 is 0 Å².